The zero-order valence-corrected chi connectivity index (χ0v) is 15.7. The Balaban J connectivity index is 1.79. The fourth-order valence-electron chi connectivity index (χ4n) is 2.93. The molecule has 7 nitrogen and oxygen atoms in total. The first kappa shape index (κ1) is 18.1. The first-order valence-electron chi connectivity index (χ1n) is 9.06. The highest BCUT2D eigenvalue weighted by Gasteiger charge is 2.11. The molecule has 0 aliphatic carbocycles. The number of nitrogens with zero attached hydrogens (tertiary/aromatic N) is 4. The van der Waals surface area contributed by atoms with E-state index in [1.165, 1.54) is 6.42 Å². The maximum Gasteiger partial charge on any atom is 0.220 e. The summed E-state index contributed by atoms with van der Waals surface area (Å²) in [6.45, 7) is 4.09. The molecule has 0 bridgehead atoms. The number of nitrogens with two attached hydrogens (primary N) is 1. The predicted octanol–water partition coefficient (Wildman–Crippen LogP) is 2.92. The third kappa shape index (κ3) is 4.29. The summed E-state index contributed by atoms with van der Waals surface area (Å²) in [6, 6.07) is 4.10. The summed E-state index contributed by atoms with van der Waals surface area (Å²) in [5.74, 6) is 0.303. The molecule has 3 heterocycles. The van der Waals surface area contributed by atoms with E-state index >= 15 is 0 Å². The van der Waals surface area contributed by atoms with E-state index in [1.807, 2.05) is 18.5 Å². The van der Waals surface area contributed by atoms with Crippen LogP contribution in [0.2, 0.25) is 0 Å². The molecule has 4 N–H and O–H groups in total. The number of anilines is 2. The van der Waals surface area contributed by atoms with Crippen molar-refractivity contribution in [3.05, 3.63) is 30.2 Å². The first-order valence-corrected chi connectivity index (χ1v) is 9.06. The van der Waals surface area contributed by atoms with Gasteiger partial charge in [0.05, 0.1) is 17.6 Å². The van der Waals surface area contributed by atoms with E-state index in [0.717, 1.165) is 59.6 Å². The van der Waals surface area contributed by atoms with Crippen LogP contribution in [0.25, 0.3) is 22.3 Å². The second-order valence-corrected chi connectivity index (χ2v) is 6.72. The predicted molar refractivity (Wildman–Crippen MR) is 107 cm³/mol. The van der Waals surface area contributed by atoms with Crippen LogP contribution in [0.15, 0.2) is 24.5 Å². The number of nitrogens with one attached hydrogen (secondary N) is 2. The molecule has 0 aliphatic rings. The summed E-state index contributed by atoms with van der Waals surface area (Å²) in [7, 11) is 4.20. The molecule has 0 atom stereocenters. The third-order valence-electron chi connectivity index (χ3n) is 4.33. The van der Waals surface area contributed by atoms with Gasteiger partial charge in [-0.05, 0) is 52.0 Å². The smallest absolute Gasteiger partial charge is 0.220 e. The van der Waals surface area contributed by atoms with E-state index in [-0.39, 0.29) is 0 Å². The SMILES string of the molecule is CCc1cc(-c2c[nH]c3ncc(NCCCCN(C)C)cc23)nc(N)n1. The Bertz CT molecular complexity index is 869. The number of nitrogen functional groups attached to an aromatic ring is 1. The highest BCUT2D eigenvalue weighted by molar-refractivity contribution is 5.94. The number of aromatic amines is 1. The molecule has 0 fully saturated rings. The van der Waals surface area contributed by atoms with Gasteiger partial charge in [0.15, 0.2) is 0 Å². The molecule has 0 unspecified atom stereocenters. The van der Waals surface area contributed by atoms with Crippen molar-refractivity contribution in [2.24, 2.45) is 0 Å². The van der Waals surface area contributed by atoms with Gasteiger partial charge < -0.3 is 20.9 Å². The van der Waals surface area contributed by atoms with Crippen molar-refractivity contribution in [1.29, 1.82) is 0 Å². The summed E-state index contributed by atoms with van der Waals surface area (Å²) in [4.78, 5) is 18.6. The maximum atomic E-state index is 5.87. The van der Waals surface area contributed by atoms with Crippen molar-refractivity contribution in [3.63, 3.8) is 0 Å². The van der Waals surface area contributed by atoms with Gasteiger partial charge in [0.2, 0.25) is 5.95 Å². The van der Waals surface area contributed by atoms with Crippen LogP contribution in [0.5, 0.6) is 0 Å². The van der Waals surface area contributed by atoms with Gasteiger partial charge in [-0.15, -0.1) is 0 Å². The molecule has 3 rings (SSSR count). The molecular formula is C19H27N7. The highest BCUT2D eigenvalue weighted by atomic mass is 15.0. The van der Waals surface area contributed by atoms with Gasteiger partial charge in [0.1, 0.15) is 5.65 Å². The molecule has 0 spiro atoms. The number of hydrogen-bond donors (Lipinski definition) is 3. The van der Waals surface area contributed by atoms with Crippen LogP contribution in [0, 0.1) is 0 Å². The molecular weight excluding hydrogens is 326 g/mol. The minimum Gasteiger partial charge on any atom is -0.384 e. The number of aryl methyl sites for hydroxylation is 1. The molecule has 0 amide bonds. The number of unbranched alkanes of at least 4 members (excludes halogenated alkanes) is 1. The molecule has 0 aliphatic heterocycles. The van der Waals surface area contributed by atoms with Crippen LogP contribution in [-0.2, 0) is 6.42 Å². The monoisotopic (exact) mass is 353 g/mol. The molecule has 0 saturated carbocycles. The van der Waals surface area contributed by atoms with E-state index in [1.54, 1.807) is 0 Å². The molecule has 0 aromatic carbocycles. The number of aromatic nitrogens is 4. The van der Waals surface area contributed by atoms with Crippen molar-refractivity contribution in [2.45, 2.75) is 26.2 Å². The van der Waals surface area contributed by atoms with Crippen LogP contribution in [0.1, 0.15) is 25.5 Å². The van der Waals surface area contributed by atoms with Gasteiger partial charge in [-0.25, -0.2) is 15.0 Å². The lowest BCUT2D eigenvalue weighted by Gasteiger charge is -2.10. The maximum absolute atomic E-state index is 5.87. The Morgan fingerprint density at radius 2 is 2.04 bits per heavy atom. The molecule has 7 heteroatoms. The zero-order chi connectivity index (χ0) is 18.5. The van der Waals surface area contributed by atoms with Crippen LogP contribution in [0.3, 0.4) is 0 Å². The lowest BCUT2D eigenvalue weighted by atomic mass is 10.1. The average molecular weight is 353 g/mol. The zero-order valence-electron chi connectivity index (χ0n) is 15.7. The van der Waals surface area contributed by atoms with Crippen molar-refractivity contribution >= 4 is 22.7 Å². The fraction of sp³-hybridized carbons (Fsp3) is 0.421. The summed E-state index contributed by atoms with van der Waals surface area (Å²) in [5.41, 5.74) is 10.5. The van der Waals surface area contributed by atoms with Crippen molar-refractivity contribution < 1.29 is 0 Å². The van der Waals surface area contributed by atoms with Gasteiger partial charge in [-0.1, -0.05) is 6.92 Å². The number of rotatable bonds is 8. The minimum absolute atomic E-state index is 0.303. The van der Waals surface area contributed by atoms with E-state index in [4.69, 9.17) is 5.73 Å². The summed E-state index contributed by atoms with van der Waals surface area (Å²) in [6.07, 6.45) is 6.91. The second-order valence-electron chi connectivity index (χ2n) is 6.72. The van der Waals surface area contributed by atoms with E-state index in [2.05, 4.69) is 57.2 Å². The van der Waals surface area contributed by atoms with Gasteiger partial charge in [-0.2, -0.15) is 0 Å². The number of H-pyrrole nitrogens is 1. The molecule has 26 heavy (non-hydrogen) atoms. The molecule has 3 aromatic rings. The van der Waals surface area contributed by atoms with Crippen LogP contribution >= 0.6 is 0 Å². The molecule has 0 radical (unpaired) electrons. The van der Waals surface area contributed by atoms with Crippen LogP contribution < -0.4 is 11.1 Å². The standard InChI is InChI=1S/C19H27N7/c1-4-13-10-17(25-19(20)24-13)16-12-23-18-15(16)9-14(11-22-18)21-7-5-6-8-26(2)3/h9-12,21H,4-8H2,1-3H3,(H,22,23)(H2,20,24,25). The average Bonchev–Trinajstić information content (AvgIpc) is 3.04. The highest BCUT2D eigenvalue weighted by Crippen LogP contribution is 2.29. The summed E-state index contributed by atoms with van der Waals surface area (Å²) < 4.78 is 0. The minimum atomic E-state index is 0.303. The topological polar surface area (TPSA) is 95.8 Å². The Morgan fingerprint density at radius 3 is 2.81 bits per heavy atom. The fourth-order valence-corrected chi connectivity index (χ4v) is 2.93. The van der Waals surface area contributed by atoms with Crippen molar-refractivity contribution in [3.8, 4) is 11.3 Å². The van der Waals surface area contributed by atoms with E-state index < -0.39 is 0 Å². The van der Waals surface area contributed by atoms with Gasteiger partial charge in [0.25, 0.3) is 0 Å². The largest absolute Gasteiger partial charge is 0.384 e. The normalized spacial score (nSPS) is 11.4. The summed E-state index contributed by atoms with van der Waals surface area (Å²) >= 11 is 0. The molecule has 0 saturated heterocycles. The van der Waals surface area contributed by atoms with Crippen LogP contribution in [0.4, 0.5) is 11.6 Å². The quantitative estimate of drug-likeness (QED) is 0.539. The van der Waals surface area contributed by atoms with Gasteiger partial charge >= 0.3 is 0 Å². The van der Waals surface area contributed by atoms with Gasteiger partial charge in [-0.3, -0.25) is 0 Å². The lowest BCUT2D eigenvalue weighted by molar-refractivity contribution is 0.396. The second kappa shape index (κ2) is 8.14. The Morgan fingerprint density at radius 1 is 1.19 bits per heavy atom. The van der Waals surface area contributed by atoms with E-state index in [9.17, 15) is 0 Å². The number of pyridine rings is 1. The van der Waals surface area contributed by atoms with Crippen molar-refractivity contribution in [1.82, 2.24) is 24.8 Å². The van der Waals surface area contributed by atoms with Gasteiger partial charge in [0, 0.05) is 29.4 Å². The first-order chi connectivity index (χ1) is 12.6. The third-order valence-corrected chi connectivity index (χ3v) is 4.33. The molecule has 138 valence electrons. The molecule has 3 aromatic heterocycles. The van der Waals surface area contributed by atoms with Crippen molar-refractivity contribution in [2.75, 3.05) is 38.2 Å². The Hall–Kier alpha value is -2.67. The number of fused-ring (bicyclic) bond motifs is 1. The Kier molecular flexibility index (Phi) is 5.68. The lowest BCUT2D eigenvalue weighted by Crippen LogP contribution is -2.14. The van der Waals surface area contributed by atoms with E-state index in [0.29, 0.717) is 5.95 Å². The summed E-state index contributed by atoms with van der Waals surface area (Å²) in [5, 5.41) is 4.49. The number of hydrogen-bond acceptors (Lipinski definition) is 6. The van der Waals surface area contributed by atoms with Crippen LogP contribution in [-0.4, -0.2) is 52.0 Å². The Labute approximate surface area is 154 Å².